The first kappa shape index (κ1) is 19.9. The normalized spacial score (nSPS) is 11.7. The van der Waals surface area contributed by atoms with Crippen LogP contribution in [0.15, 0.2) is 12.3 Å². The van der Waals surface area contributed by atoms with Gasteiger partial charge in [-0.15, -0.1) is 0 Å². The standard InChI is InChI=1S/C18H22ClNO6/c1-9-7-11(22-2)16(24-4)17(25-5)12(9)14(21)13-15(23-3)10(19)8-20-18(13)26-6/h7-8,14,21H,1-6H3. The Bertz CT molecular complexity index is 796. The fourth-order valence-electron chi connectivity index (χ4n) is 2.87. The molecule has 2 aromatic rings. The lowest BCUT2D eigenvalue weighted by atomic mass is 9.95. The third-order valence-electron chi connectivity index (χ3n) is 4.01. The summed E-state index contributed by atoms with van der Waals surface area (Å²) in [4.78, 5) is 4.12. The zero-order valence-electron chi connectivity index (χ0n) is 15.5. The van der Waals surface area contributed by atoms with Gasteiger partial charge >= 0.3 is 0 Å². The fraction of sp³-hybridized carbons (Fsp3) is 0.389. The van der Waals surface area contributed by atoms with Crippen LogP contribution < -0.4 is 23.7 Å². The highest BCUT2D eigenvalue weighted by atomic mass is 35.5. The van der Waals surface area contributed by atoms with E-state index < -0.39 is 6.10 Å². The van der Waals surface area contributed by atoms with Gasteiger partial charge in [0.05, 0.1) is 47.3 Å². The van der Waals surface area contributed by atoms with Gasteiger partial charge in [0.25, 0.3) is 0 Å². The van der Waals surface area contributed by atoms with Crippen molar-refractivity contribution >= 4 is 11.6 Å². The highest BCUT2D eigenvalue weighted by Crippen LogP contribution is 2.48. The number of aryl methyl sites for hydroxylation is 1. The van der Waals surface area contributed by atoms with Gasteiger partial charge in [0, 0.05) is 5.56 Å². The quantitative estimate of drug-likeness (QED) is 0.786. The molecule has 8 heteroatoms. The van der Waals surface area contributed by atoms with Gasteiger partial charge in [-0.1, -0.05) is 11.6 Å². The van der Waals surface area contributed by atoms with Gasteiger partial charge in [-0.3, -0.25) is 0 Å². The van der Waals surface area contributed by atoms with Crippen LogP contribution in [0.1, 0.15) is 22.8 Å². The molecule has 0 aliphatic rings. The van der Waals surface area contributed by atoms with Crippen LogP contribution in [0.3, 0.4) is 0 Å². The van der Waals surface area contributed by atoms with Gasteiger partial charge in [0.1, 0.15) is 11.1 Å². The molecular formula is C18H22ClNO6. The number of nitrogens with zero attached hydrogens (tertiary/aromatic N) is 1. The summed E-state index contributed by atoms with van der Waals surface area (Å²) in [6.45, 7) is 1.82. The summed E-state index contributed by atoms with van der Waals surface area (Å²) in [7, 11) is 7.41. The maximum atomic E-state index is 11.2. The Morgan fingerprint density at radius 2 is 1.50 bits per heavy atom. The lowest BCUT2D eigenvalue weighted by Crippen LogP contribution is -2.11. The Morgan fingerprint density at radius 1 is 0.885 bits per heavy atom. The molecule has 1 atom stereocenters. The highest BCUT2D eigenvalue weighted by Gasteiger charge is 2.30. The van der Waals surface area contributed by atoms with Crippen LogP contribution in [0.4, 0.5) is 0 Å². The smallest absolute Gasteiger partial charge is 0.223 e. The van der Waals surface area contributed by atoms with Crippen molar-refractivity contribution in [3.05, 3.63) is 34.0 Å². The van der Waals surface area contributed by atoms with E-state index in [1.165, 1.54) is 41.7 Å². The molecule has 0 amide bonds. The number of hydrogen-bond donors (Lipinski definition) is 1. The van der Waals surface area contributed by atoms with Crippen molar-refractivity contribution in [1.82, 2.24) is 4.98 Å². The van der Waals surface area contributed by atoms with Crippen LogP contribution in [-0.4, -0.2) is 45.6 Å². The van der Waals surface area contributed by atoms with Crippen molar-refractivity contribution in [3.8, 4) is 28.9 Å². The summed E-state index contributed by atoms with van der Waals surface area (Å²) < 4.78 is 26.9. The number of aliphatic hydroxyl groups excluding tert-OH is 1. The summed E-state index contributed by atoms with van der Waals surface area (Å²) in [5.41, 5.74) is 1.47. The van der Waals surface area contributed by atoms with E-state index in [4.69, 9.17) is 35.3 Å². The molecule has 0 spiro atoms. The second-order valence-corrected chi connectivity index (χ2v) is 5.75. The highest BCUT2D eigenvalue weighted by molar-refractivity contribution is 6.32. The molecule has 26 heavy (non-hydrogen) atoms. The molecule has 1 N–H and O–H groups in total. The Labute approximate surface area is 157 Å². The van der Waals surface area contributed by atoms with E-state index in [1.807, 2.05) is 6.92 Å². The van der Waals surface area contributed by atoms with E-state index >= 15 is 0 Å². The van der Waals surface area contributed by atoms with Gasteiger partial charge in [-0.2, -0.15) is 0 Å². The number of methoxy groups -OCH3 is 5. The van der Waals surface area contributed by atoms with Crippen LogP contribution in [-0.2, 0) is 0 Å². The minimum absolute atomic E-state index is 0.190. The predicted octanol–water partition coefficient (Wildman–Crippen LogP) is 3.17. The molecule has 1 heterocycles. The van der Waals surface area contributed by atoms with E-state index in [0.29, 0.717) is 22.8 Å². The minimum atomic E-state index is -1.19. The Hall–Kier alpha value is -2.38. The Morgan fingerprint density at radius 3 is 2.00 bits per heavy atom. The molecule has 0 fully saturated rings. The topological polar surface area (TPSA) is 79.3 Å². The number of halogens is 1. The average Bonchev–Trinajstić information content (AvgIpc) is 2.65. The molecule has 7 nitrogen and oxygen atoms in total. The summed E-state index contributed by atoms with van der Waals surface area (Å²) in [6.07, 6.45) is 0.203. The average molecular weight is 384 g/mol. The van der Waals surface area contributed by atoms with Crippen molar-refractivity contribution in [2.24, 2.45) is 0 Å². The summed E-state index contributed by atoms with van der Waals surface area (Å²) in [5.74, 6) is 1.64. The van der Waals surface area contributed by atoms with E-state index in [0.717, 1.165) is 5.56 Å². The zero-order chi connectivity index (χ0) is 19.4. The molecule has 1 aromatic heterocycles. The third-order valence-corrected chi connectivity index (χ3v) is 4.28. The van der Waals surface area contributed by atoms with Crippen LogP contribution in [0.5, 0.6) is 28.9 Å². The molecule has 142 valence electrons. The first-order valence-corrected chi connectivity index (χ1v) is 8.06. The van der Waals surface area contributed by atoms with Crippen LogP contribution in [0.25, 0.3) is 0 Å². The van der Waals surface area contributed by atoms with Crippen molar-refractivity contribution in [2.45, 2.75) is 13.0 Å². The largest absolute Gasteiger partial charge is 0.495 e. The maximum absolute atomic E-state index is 11.2. The molecule has 0 aliphatic carbocycles. The zero-order valence-corrected chi connectivity index (χ0v) is 16.3. The summed E-state index contributed by atoms with van der Waals surface area (Å²) in [6, 6.07) is 1.75. The molecule has 0 saturated heterocycles. The van der Waals surface area contributed by atoms with Crippen molar-refractivity contribution in [2.75, 3.05) is 35.5 Å². The molecule has 0 aliphatic heterocycles. The van der Waals surface area contributed by atoms with Crippen LogP contribution in [0, 0.1) is 6.92 Å². The fourth-order valence-corrected chi connectivity index (χ4v) is 3.09. The van der Waals surface area contributed by atoms with E-state index in [-0.39, 0.29) is 22.2 Å². The van der Waals surface area contributed by atoms with E-state index in [2.05, 4.69) is 4.98 Å². The number of pyridine rings is 1. The molecule has 1 unspecified atom stereocenters. The van der Waals surface area contributed by atoms with Crippen LogP contribution >= 0.6 is 11.6 Å². The molecule has 2 rings (SSSR count). The second-order valence-electron chi connectivity index (χ2n) is 5.34. The first-order chi connectivity index (χ1) is 12.4. The number of ether oxygens (including phenoxy) is 5. The second kappa shape index (κ2) is 8.33. The van der Waals surface area contributed by atoms with E-state index in [1.54, 1.807) is 6.07 Å². The number of aliphatic hydroxyl groups is 1. The molecular weight excluding hydrogens is 362 g/mol. The van der Waals surface area contributed by atoms with Crippen molar-refractivity contribution in [1.29, 1.82) is 0 Å². The predicted molar refractivity (Wildman–Crippen MR) is 97.2 cm³/mol. The Balaban J connectivity index is 2.79. The van der Waals surface area contributed by atoms with Crippen molar-refractivity contribution < 1.29 is 28.8 Å². The van der Waals surface area contributed by atoms with Gasteiger partial charge < -0.3 is 28.8 Å². The third kappa shape index (κ3) is 3.32. The van der Waals surface area contributed by atoms with Gasteiger partial charge in [-0.25, -0.2) is 4.98 Å². The number of aromatic nitrogens is 1. The number of benzene rings is 1. The lowest BCUT2D eigenvalue weighted by Gasteiger charge is -2.23. The molecule has 1 aromatic carbocycles. The SMILES string of the molecule is COc1cc(C)c(C(O)c2c(OC)ncc(Cl)c2OC)c(OC)c1OC. The number of hydrogen-bond acceptors (Lipinski definition) is 7. The summed E-state index contributed by atoms with van der Waals surface area (Å²) >= 11 is 6.18. The Kier molecular flexibility index (Phi) is 6.39. The molecule has 0 bridgehead atoms. The van der Waals surface area contributed by atoms with E-state index in [9.17, 15) is 5.11 Å². The van der Waals surface area contributed by atoms with Gasteiger partial charge in [0.15, 0.2) is 17.2 Å². The molecule has 0 radical (unpaired) electrons. The maximum Gasteiger partial charge on any atom is 0.223 e. The molecule has 0 saturated carbocycles. The number of rotatable bonds is 7. The van der Waals surface area contributed by atoms with Crippen molar-refractivity contribution in [3.63, 3.8) is 0 Å². The van der Waals surface area contributed by atoms with Gasteiger partial charge in [-0.05, 0) is 18.6 Å². The first-order valence-electron chi connectivity index (χ1n) is 7.68. The monoisotopic (exact) mass is 383 g/mol. The van der Waals surface area contributed by atoms with Crippen LogP contribution in [0.2, 0.25) is 5.02 Å². The summed E-state index contributed by atoms with van der Waals surface area (Å²) in [5, 5.41) is 11.4. The minimum Gasteiger partial charge on any atom is -0.495 e. The lowest BCUT2D eigenvalue weighted by molar-refractivity contribution is 0.199. The van der Waals surface area contributed by atoms with Gasteiger partial charge in [0.2, 0.25) is 11.6 Å².